The molecule has 2 N–H and O–H groups in total. The van der Waals surface area contributed by atoms with Crippen LogP contribution in [0.15, 0.2) is 12.1 Å². The van der Waals surface area contributed by atoms with Crippen LogP contribution in [0.3, 0.4) is 0 Å². The normalized spacial score (nSPS) is 16.6. The average Bonchev–Trinajstić information content (AvgIpc) is 2.32. The van der Waals surface area contributed by atoms with Crippen molar-refractivity contribution >= 4 is 17.6 Å². The number of aliphatic carboxylic acids is 1. The maximum absolute atomic E-state index is 10.9. The summed E-state index contributed by atoms with van der Waals surface area (Å²) in [5.41, 5.74) is 0.115. The second-order valence-corrected chi connectivity index (χ2v) is 4.87. The molecular weight excluding hydrogens is 272 g/mol. The number of methoxy groups -OCH3 is 1. The lowest BCUT2D eigenvalue weighted by atomic mass is 9.96. The summed E-state index contributed by atoms with van der Waals surface area (Å²) in [4.78, 5) is 10.9. The molecular formula is C13H15ClO5. The molecule has 0 aromatic heterocycles. The van der Waals surface area contributed by atoms with Gasteiger partial charge in [0.05, 0.1) is 13.2 Å². The lowest BCUT2D eigenvalue weighted by molar-refractivity contribution is -0.147. The van der Waals surface area contributed by atoms with Crippen LogP contribution in [-0.2, 0) is 4.79 Å². The lowest BCUT2D eigenvalue weighted by Gasteiger charge is -2.28. The third-order valence-electron chi connectivity index (χ3n) is 3.13. The number of halogens is 1. The minimum absolute atomic E-state index is 0.0369. The van der Waals surface area contributed by atoms with E-state index >= 15 is 0 Å². The predicted octanol–water partition coefficient (Wildman–Crippen LogP) is 2.40. The topological polar surface area (TPSA) is 76.0 Å². The van der Waals surface area contributed by atoms with Crippen LogP contribution in [0.4, 0.5) is 0 Å². The molecule has 104 valence electrons. The number of benzene rings is 1. The van der Waals surface area contributed by atoms with Gasteiger partial charge in [-0.3, -0.25) is 0 Å². The number of rotatable bonds is 5. The SMILES string of the molecule is COc1cc(Cl)cc(C(O)C(=O)O)c1OC1CCC1. The van der Waals surface area contributed by atoms with E-state index in [9.17, 15) is 9.90 Å². The zero-order chi connectivity index (χ0) is 14.0. The maximum atomic E-state index is 10.9. The third-order valence-corrected chi connectivity index (χ3v) is 3.35. The van der Waals surface area contributed by atoms with Crippen molar-refractivity contribution in [3.8, 4) is 11.5 Å². The first-order valence-electron chi connectivity index (χ1n) is 5.98. The van der Waals surface area contributed by atoms with E-state index in [4.69, 9.17) is 26.2 Å². The van der Waals surface area contributed by atoms with Crippen molar-refractivity contribution in [2.45, 2.75) is 31.5 Å². The van der Waals surface area contributed by atoms with E-state index in [1.54, 1.807) is 0 Å². The van der Waals surface area contributed by atoms with Crippen molar-refractivity contribution in [1.29, 1.82) is 0 Å². The number of aliphatic hydroxyl groups is 1. The summed E-state index contributed by atoms with van der Waals surface area (Å²) in [5.74, 6) is -0.774. The van der Waals surface area contributed by atoms with Crippen molar-refractivity contribution in [3.05, 3.63) is 22.7 Å². The molecule has 0 aliphatic heterocycles. The fraction of sp³-hybridized carbons (Fsp3) is 0.462. The minimum Gasteiger partial charge on any atom is -0.493 e. The first-order valence-corrected chi connectivity index (χ1v) is 6.35. The van der Waals surface area contributed by atoms with Crippen LogP contribution in [-0.4, -0.2) is 29.4 Å². The van der Waals surface area contributed by atoms with Crippen LogP contribution in [0.1, 0.15) is 30.9 Å². The highest BCUT2D eigenvalue weighted by atomic mass is 35.5. The molecule has 6 heteroatoms. The molecule has 0 heterocycles. The van der Waals surface area contributed by atoms with Crippen LogP contribution < -0.4 is 9.47 Å². The highest BCUT2D eigenvalue weighted by Gasteiger charge is 2.28. The molecule has 1 saturated carbocycles. The molecule has 1 aliphatic carbocycles. The van der Waals surface area contributed by atoms with Crippen molar-refractivity contribution in [2.24, 2.45) is 0 Å². The Balaban J connectivity index is 2.41. The van der Waals surface area contributed by atoms with E-state index in [2.05, 4.69) is 0 Å². The standard InChI is InChI=1S/C13H15ClO5/c1-18-10-6-7(14)5-9(11(15)13(16)17)12(10)19-8-3-2-4-8/h5-6,8,11,15H,2-4H2,1H3,(H,16,17). The van der Waals surface area contributed by atoms with Gasteiger partial charge in [0.25, 0.3) is 0 Å². The molecule has 0 radical (unpaired) electrons. The van der Waals surface area contributed by atoms with Gasteiger partial charge in [0.1, 0.15) is 0 Å². The number of hydrogen-bond acceptors (Lipinski definition) is 4. The summed E-state index contributed by atoms with van der Waals surface area (Å²) < 4.78 is 10.9. The van der Waals surface area contributed by atoms with Gasteiger partial charge in [-0.15, -0.1) is 0 Å². The molecule has 1 aliphatic rings. The van der Waals surface area contributed by atoms with Crippen LogP contribution in [0.25, 0.3) is 0 Å². The summed E-state index contributed by atoms with van der Waals surface area (Å²) >= 11 is 5.89. The zero-order valence-electron chi connectivity index (χ0n) is 10.4. The molecule has 1 fully saturated rings. The zero-order valence-corrected chi connectivity index (χ0v) is 11.2. The van der Waals surface area contributed by atoms with E-state index in [1.807, 2.05) is 0 Å². The number of carboxylic acids is 1. The lowest BCUT2D eigenvalue weighted by Crippen LogP contribution is -2.26. The summed E-state index contributed by atoms with van der Waals surface area (Å²) in [6.45, 7) is 0. The monoisotopic (exact) mass is 286 g/mol. The van der Waals surface area contributed by atoms with Gasteiger partial charge < -0.3 is 19.7 Å². The van der Waals surface area contributed by atoms with Gasteiger partial charge in [-0.25, -0.2) is 4.79 Å². The van der Waals surface area contributed by atoms with Crippen molar-refractivity contribution < 1.29 is 24.5 Å². The maximum Gasteiger partial charge on any atom is 0.337 e. The largest absolute Gasteiger partial charge is 0.493 e. The number of aliphatic hydroxyl groups excluding tert-OH is 1. The summed E-state index contributed by atoms with van der Waals surface area (Å²) in [7, 11) is 1.44. The Morgan fingerprint density at radius 3 is 2.63 bits per heavy atom. The fourth-order valence-corrected chi connectivity index (χ4v) is 2.07. The molecule has 5 nitrogen and oxygen atoms in total. The molecule has 1 atom stereocenters. The van der Waals surface area contributed by atoms with Crippen molar-refractivity contribution in [2.75, 3.05) is 7.11 Å². The Morgan fingerprint density at radius 1 is 1.47 bits per heavy atom. The third kappa shape index (κ3) is 2.93. The molecule has 2 rings (SSSR count). The Kier molecular flexibility index (Phi) is 4.17. The first-order chi connectivity index (χ1) is 9.02. The Hall–Kier alpha value is -1.46. The van der Waals surface area contributed by atoms with Gasteiger partial charge >= 0.3 is 5.97 Å². The smallest absolute Gasteiger partial charge is 0.337 e. The van der Waals surface area contributed by atoms with E-state index in [1.165, 1.54) is 19.2 Å². The number of ether oxygens (including phenoxy) is 2. The fourth-order valence-electron chi connectivity index (χ4n) is 1.86. The number of carboxylic acid groups (broad SMARTS) is 1. The summed E-state index contributed by atoms with van der Waals surface area (Å²) in [5, 5.41) is 18.9. The highest BCUT2D eigenvalue weighted by Crippen LogP contribution is 2.40. The number of hydrogen-bond donors (Lipinski definition) is 2. The Labute approximate surface area is 115 Å². The second-order valence-electron chi connectivity index (χ2n) is 4.44. The average molecular weight is 287 g/mol. The molecule has 1 aromatic rings. The van der Waals surface area contributed by atoms with Gasteiger partial charge in [-0.05, 0) is 25.3 Å². The summed E-state index contributed by atoms with van der Waals surface area (Å²) in [6, 6.07) is 2.92. The Morgan fingerprint density at radius 2 is 2.16 bits per heavy atom. The van der Waals surface area contributed by atoms with Crippen LogP contribution in [0, 0.1) is 0 Å². The molecule has 0 bridgehead atoms. The summed E-state index contributed by atoms with van der Waals surface area (Å²) in [6.07, 6.45) is 1.25. The molecule has 0 amide bonds. The van der Waals surface area contributed by atoms with Gasteiger partial charge in [-0.2, -0.15) is 0 Å². The van der Waals surface area contributed by atoms with Gasteiger partial charge in [-0.1, -0.05) is 11.6 Å². The predicted molar refractivity (Wildman–Crippen MR) is 68.9 cm³/mol. The van der Waals surface area contributed by atoms with E-state index in [-0.39, 0.29) is 22.4 Å². The molecule has 19 heavy (non-hydrogen) atoms. The second kappa shape index (κ2) is 5.67. The Bertz CT molecular complexity index is 484. The molecule has 1 unspecified atom stereocenters. The minimum atomic E-state index is -1.69. The van der Waals surface area contributed by atoms with E-state index in [0.29, 0.717) is 5.75 Å². The molecule has 0 spiro atoms. The van der Waals surface area contributed by atoms with Gasteiger partial charge in [0, 0.05) is 16.7 Å². The van der Waals surface area contributed by atoms with Gasteiger partial charge in [0.2, 0.25) is 0 Å². The number of carbonyl (C=O) groups is 1. The quantitative estimate of drug-likeness (QED) is 0.869. The van der Waals surface area contributed by atoms with Gasteiger partial charge in [0.15, 0.2) is 17.6 Å². The molecule has 1 aromatic carbocycles. The van der Waals surface area contributed by atoms with Crippen molar-refractivity contribution in [1.82, 2.24) is 0 Å². The first kappa shape index (κ1) is 14.0. The van der Waals surface area contributed by atoms with Crippen molar-refractivity contribution in [3.63, 3.8) is 0 Å². The van der Waals surface area contributed by atoms with Crippen LogP contribution in [0.2, 0.25) is 5.02 Å². The highest BCUT2D eigenvalue weighted by molar-refractivity contribution is 6.30. The van der Waals surface area contributed by atoms with Crippen LogP contribution in [0.5, 0.6) is 11.5 Å². The van der Waals surface area contributed by atoms with Crippen LogP contribution >= 0.6 is 11.6 Å². The van der Waals surface area contributed by atoms with E-state index < -0.39 is 12.1 Å². The van der Waals surface area contributed by atoms with E-state index in [0.717, 1.165) is 19.3 Å². The molecule has 0 saturated heterocycles.